The molecular formula is C35H39N3O5S. The predicted molar refractivity (Wildman–Crippen MR) is 173 cm³/mol. The number of nitrogens with zero attached hydrogens (tertiary/aromatic N) is 2. The van der Waals surface area contributed by atoms with Gasteiger partial charge >= 0.3 is 0 Å². The Morgan fingerprint density at radius 1 is 0.818 bits per heavy atom. The van der Waals surface area contributed by atoms with Crippen molar-refractivity contribution in [3.63, 3.8) is 0 Å². The van der Waals surface area contributed by atoms with E-state index in [-0.39, 0.29) is 23.8 Å². The molecule has 0 aliphatic carbocycles. The summed E-state index contributed by atoms with van der Waals surface area (Å²) in [4.78, 5) is 29.6. The number of likely N-dealkylation sites (N-methyl/N-ethyl adjacent to an activating group) is 1. The Labute approximate surface area is 260 Å². The van der Waals surface area contributed by atoms with Gasteiger partial charge in [0.15, 0.2) is 0 Å². The Hall–Kier alpha value is -4.63. The maximum Gasteiger partial charge on any atom is 0.264 e. The van der Waals surface area contributed by atoms with Gasteiger partial charge in [-0.2, -0.15) is 0 Å². The van der Waals surface area contributed by atoms with Gasteiger partial charge in [-0.3, -0.25) is 13.9 Å². The molecule has 0 aliphatic rings. The van der Waals surface area contributed by atoms with Crippen molar-refractivity contribution in [1.29, 1.82) is 0 Å². The number of hydrogen-bond donors (Lipinski definition) is 1. The summed E-state index contributed by atoms with van der Waals surface area (Å²) in [7, 11) is -2.64. The van der Waals surface area contributed by atoms with Crippen LogP contribution >= 0.6 is 0 Å². The van der Waals surface area contributed by atoms with E-state index in [4.69, 9.17) is 4.74 Å². The number of benzene rings is 4. The minimum Gasteiger partial charge on any atom is -0.497 e. The third-order valence-electron chi connectivity index (χ3n) is 7.31. The van der Waals surface area contributed by atoms with E-state index >= 15 is 0 Å². The number of sulfonamides is 1. The Balaban J connectivity index is 1.79. The maximum atomic E-state index is 14.4. The zero-order valence-electron chi connectivity index (χ0n) is 25.6. The van der Waals surface area contributed by atoms with E-state index in [1.165, 1.54) is 24.1 Å². The van der Waals surface area contributed by atoms with Gasteiger partial charge in [0.25, 0.3) is 10.0 Å². The Morgan fingerprint density at radius 3 is 2.09 bits per heavy atom. The molecule has 9 heteroatoms. The highest BCUT2D eigenvalue weighted by Crippen LogP contribution is 2.27. The van der Waals surface area contributed by atoms with E-state index in [1.807, 2.05) is 75.4 Å². The monoisotopic (exact) mass is 613 g/mol. The van der Waals surface area contributed by atoms with E-state index in [1.54, 1.807) is 36.4 Å². The molecule has 0 aromatic heterocycles. The van der Waals surface area contributed by atoms with Gasteiger partial charge in [-0.15, -0.1) is 0 Å². The molecular weight excluding hydrogens is 574 g/mol. The lowest BCUT2D eigenvalue weighted by Gasteiger charge is -2.34. The molecule has 0 bridgehead atoms. The van der Waals surface area contributed by atoms with E-state index in [0.29, 0.717) is 18.0 Å². The highest BCUT2D eigenvalue weighted by atomic mass is 32.2. The number of aryl methyl sites for hydroxylation is 2. The van der Waals surface area contributed by atoms with Crippen LogP contribution in [-0.4, -0.2) is 51.4 Å². The van der Waals surface area contributed by atoms with E-state index < -0.39 is 28.5 Å². The zero-order valence-corrected chi connectivity index (χ0v) is 26.4. The van der Waals surface area contributed by atoms with Crippen molar-refractivity contribution in [3.8, 4) is 5.75 Å². The smallest absolute Gasteiger partial charge is 0.264 e. The Kier molecular flexibility index (Phi) is 10.8. The molecule has 0 radical (unpaired) electrons. The van der Waals surface area contributed by atoms with Crippen LogP contribution in [0, 0.1) is 13.8 Å². The lowest BCUT2D eigenvalue weighted by atomic mass is 10.0. The van der Waals surface area contributed by atoms with E-state index in [0.717, 1.165) is 26.6 Å². The van der Waals surface area contributed by atoms with Gasteiger partial charge in [-0.25, -0.2) is 8.42 Å². The van der Waals surface area contributed by atoms with Crippen LogP contribution in [0.2, 0.25) is 0 Å². The molecule has 0 heterocycles. The number of hydrogen-bond acceptors (Lipinski definition) is 5. The molecule has 0 unspecified atom stereocenters. The highest BCUT2D eigenvalue weighted by molar-refractivity contribution is 7.92. The van der Waals surface area contributed by atoms with Gasteiger partial charge in [-0.1, -0.05) is 77.9 Å². The van der Waals surface area contributed by atoms with Crippen LogP contribution in [0.5, 0.6) is 5.75 Å². The molecule has 4 aromatic rings. The minimum atomic E-state index is -4.17. The first kappa shape index (κ1) is 32.3. The van der Waals surface area contributed by atoms with Gasteiger partial charge < -0.3 is 15.0 Å². The first-order valence-corrected chi connectivity index (χ1v) is 16.0. The third kappa shape index (κ3) is 8.05. The van der Waals surface area contributed by atoms with Crippen LogP contribution < -0.4 is 14.4 Å². The van der Waals surface area contributed by atoms with Gasteiger partial charge in [0.05, 0.1) is 17.7 Å². The van der Waals surface area contributed by atoms with Crippen molar-refractivity contribution in [2.75, 3.05) is 24.5 Å². The second-order valence-electron chi connectivity index (χ2n) is 10.6. The molecule has 0 saturated heterocycles. The normalized spacial score (nSPS) is 11.8. The number of carbonyl (C=O) groups excluding carboxylic acids is 2. The zero-order chi connectivity index (χ0) is 31.7. The molecule has 1 atom stereocenters. The molecule has 0 aliphatic heterocycles. The predicted octanol–water partition coefficient (Wildman–Crippen LogP) is 5.28. The first-order chi connectivity index (χ1) is 21.1. The molecule has 0 spiro atoms. The third-order valence-corrected chi connectivity index (χ3v) is 9.09. The number of rotatable bonds is 13. The molecule has 230 valence electrons. The average Bonchev–Trinajstić information content (AvgIpc) is 3.02. The number of carbonyl (C=O) groups is 2. The van der Waals surface area contributed by atoms with Gasteiger partial charge in [0.1, 0.15) is 18.3 Å². The van der Waals surface area contributed by atoms with Gasteiger partial charge in [-0.05, 0) is 68.3 Å². The number of nitrogens with one attached hydrogen (secondary N) is 1. The van der Waals surface area contributed by atoms with Crippen LogP contribution in [0.15, 0.2) is 108 Å². The Morgan fingerprint density at radius 2 is 1.48 bits per heavy atom. The fourth-order valence-corrected chi connectivity index (χ4v) is 6.38. The van der Waals surface area contributed by atoms with E-state index in [2.05, 4.69) is 5.32 Å². The van der Waals surface area contributed by atoms with Crippen molar-refractivity contribution in [2.45, 2.75) is 44.7 Å². The average molecular weight is 614 g/mol. The van der Waals surface area contributed by atoms with Gasteiger partial charge in [0.2, 0.25) is 11.8 Å². The molecule has 4 rings (SSSR count). The van der Waals surface area contributed by atoms with Crippen molar-refractivity contribution in [3.05, 3.63) is 125 Å². The van der Waals surface area contributed by atoms with Crippen molar-refractivity contribution < 1.29 is 22.7 Å². The molecule has 0 saturated carbocycles. The first-order valence-electron chi connectivity index (χ1n) is 14.5. The summed E-state index contributed by atoms with van der Waals surface area (Å²) in [5, 5.41) is 2.88. The number of amides is 2. The van der Waals surface area contributed by atoms with Crippen LogP contribution in [-0.2, 0) is 32.6 Å². The van der Waals surface area contributed by atoms with Crippen molar-refractivity contribution >= 4 is 27.5 Å². The topological polar surface area (TPSA) is 96.0 Å². The summed E-state index contributed by atoms with van der Waals surface area (Å²) in [5.41, 5.74) is 3.93. The SMILES string of the molecule is CCNC(=O)[C@H](Cc1ccccc1)N(Cc1cccc(C)c1)C(=O)CN(c1ccc(OC)cc1)S(=O)(=O)c1ccc(C)cc1. The highest BCUT2D eigenvalue weighted by Gasteiger charge is 2.34. The second-order valence-corrected chi connectivity index (χ2v) is 12.5. The van der Waals surface area contributed by atoms with Gasteiger partial charge in [0, 0.05) is 19.5 Å². The number of ether oxygens (including phenoxy) is 1. The molecule has 1 N–H and O–H groups in total. The van der Waals surface area contributed by atoms with Crippen molar-refractivity contribution in [1.82, 2.24) is 10.2 Å². The quantitative estimate of drug-likeness (QED) is 0.221. The number of methoxy groups -OCH3 is 1. The minimum absolute atomic E-state index is 0.0570. The summed E-state index contributed by atoms with van der Waals surface area (Å²) < 4.78 is 34.6. The summed E-state index contributed by atoms with van der Waals surface area (Å²) in [5.74, 6) is -0.270. The van der Waals surface area contributed by atoms with Crippen LogP contribution in [0.4, 0.5) is 5.69 Å². The second kappa shape index (κ2) is 14.7. The fourth-order valence-electron chi connectivity index (χ4n) is 4.97. The van der Waals surface area contributed by atoms with Crippen LogP contribution in [0.25, 0.3) is 0 Å². The van der Waals surface area contributed by atoms with Crippen molar-refractivity contribution in [2.24, 2.45) is 0 Å². The summed E-state index contributed by atoms with van der Waals surface area (Å²) >= 11 is 0. The Bertz CT molecular complexity index is 1660. The lowest BCUT2D eigenvalue weighted by Crippen LogP contribution is -2.53. The summed E-state index contributed by atoms with van der Waals surface area (Å²) in [6.45, 7) is 5.65. The molecule has 2 amide bonds. The van der Waals surface area contributed by atoms with Crippen LogP contribution in [0.3, 0.4) is 0 Å². The van der Waals surface area contributed by atoms with E-state index in [9.17, 15) is 18.0 Å². The molecule has 0 fully saturated rings. The summed E-state index contributed by atoms with van der Waals surface area (Å²) in [6, 6.07) is 29.3. The number of anilines is 1. The largest absolute Gasteiger partial charge is 0.497 e. The molecule has 8 nitrogen and oxygen atoms in total. The standard InChI is InChI=1S/C35H39N3O5S/c1-5-36-35(40)33(23-28-11-7-6-8-12-28)37(24-29-13-9-10-27(3)22-29)34(39)25-38(30-16-18-31(43-4)19-17-30)44(41,42)32-20-14-26(2)15-21-32/h6-22,33H,5,23-25H2,1-4H3,(H,36,40)/t33-/m0/s1. The van der Waals surface area contributed by atoms with Crippen LogP contribution in [0.1, 0.15) is 29.2 Å². The molecule has 4 aromatic carbocycles. The molecule has 44 heavy (non-hydrogen) atoms. The maximum absolute atomic E-state index is 14.4. The fraction of sp³-hybridized carbons (Fsp3) is 0.257. The summed E-state index contributed by atoms with van der Waals surface area (Å²) in [6.07, 6.45) is 0.261. The lowest BCUT2D eigenvalue weighted by molar-refractivity contribution is -0.140.